The Kier molecular flexibility index (Phi) is 9.61. The van der Waals surface area contributed by atoms with Crippen LogP contribution in [0.4, 0.5) is 4.79 Å². The normalized spacial score (nSPS) is 13.4. The monoisotopic (exact) mass is 455 g/mol. The van der Waals surface area contributed by atoms with Crippen LogP contribution < -0.4 is 5.73 Å². The molecule has 0 bridgehead atoms. The molecule has 1 amide bonds. The first-order chi connectivity index (χ1) is 15.6. The number of nitrogens with two attached hydrogens (primary N) is 1. The van der Waals surface area contributed by atoms with E-state index in [0.717, 1.165) is 32.1 Å². The number of hydrogen-bond acceptors (Lipinski definition) is 3. The van der Waals surface area contributed by atoms with Crippen molar-refractivity contribution in [3.05, 3.63) is 59.7 Å². The summed E-state index contributed by atoms with van der Waals surface area (Å²) in [7, 11) is 0. The number of halogens is 1. The van der Waals surface area contributed by atoms with Crippen LogP contribution in [0.15, 0.2) is 48.5 Å². The molecule has 0 aliphatic heterocycles. The van der Waals surface area contributed by atoms with E-state index in [2.05, 4.69) is 36.4 Å². The fraction of sp³-hybridized carbons (Fsp3) is 0.481. The van der Waals surface area contributed by atoms with Gasteiger partial charge >= 0.3 is 6.09 Å². The van der Waals surface area contributed by atoms with Crippen LogP contribution in [0.3, 0.4) is 0 Å². The first-order valence-electron chi connectivity index (χ1n) is 11.9. The zero-order valence-electron chi connectivity index (χ0n) is 18.7. The Hall–Kier alpha value is -2.33. The van der Waals surface area contributed by atoms with Gasteiger partial charge in [-0.05, 0) is 53.1 Å². The SMILES string of the molecule is NC(=O)OC(CCCCCCCCCCCC(=O)Cl)C1c2ccccc2-c2ccccc21. The lowest BCUT2D eigenvalue weighted by atomic mass is 9.88. The summed E-state index contributed by atoms with van der Waals surface area (Å²) in [5.41, 5.74) is 10.3. The standard InChI is InChI=1S/C27H34ClNO3/c28-25(30)19-9-7-5-3-1-2-4-6-8-18-24(32-27(29)31)26-22-16-12-10-14-20(22)21-15-11-13-17-23(21)26/h10-17,24,26H,1-9,18-19H2,(H2,29,31). The summed E-state index contributed by atoms with van der Waals surface area (Å²) < 4.78 is 5.65. The highest BCUT2D eigenvalue weighted by Gasteiger charge is 2.35. The van der Waals surface area contributed by atoms with Crippen molar-refractivity contribution >= 4 is 22.9 Å². The summed E-state index contributed by atoms with van der Waals surface area (Å²) in [5, 5.41) is -0.229. The van der Waals surface area contributed by atoms with E-state index in [1.165, 1.54) is 54.4 Å². The topological polar surface area (TPSA) is 69.4 Å². The predicted octanol–water partition coefficient (Wildman–Crippen LogP) is 7.32. The minimum Gasteiger partial charge on any atom is -0.445 e. The van der Waals surface area contributed by atoms with Gasteiger partial charge in [-0.25, -0.2) is 4.79 Å². The molecular weight excluding hydrogens is 422 g/mol. The first-order valence-corrected chi connectivity index (χ1v) is 12.3. The molecule has 0 aromatic heterocycles. The lowest BCUT2D eigenvalue weighted by Gasteiger charge is -2.25. The number of primary amides is 1. The zero-order valence-corrected chi connectivity index (χ0v) is 19.5. The molecule has 2 aromatic rings. The second-order valence-corrected chi connectivity index (χ2v) is 9.12. The fourth-order valence-electron chi connectivity index (χ4n) is 4.88. The molecule has 32 heavy (non-hydrogen) atoms. The number of carbonyl (C=O) groups is 2. The molecule has 2 aromatic carbocycles. The zero-order chi connectivity index (χ0) is 22.8. The number of fused-ring (bicyclic) bond motifs is 3. The third-order valence-electron chi connectivity index (χ3n) is 6.38. The largest absolute Gasteiger partial charge is 0.445 e. The van der Waals surface area contributed by atoms with Crippen molar-refractivity contribution in [3.8, 4) is 11.1 Å². The van der Waals surface area contributed by atoms with Gasteiger partial charge in [0, 0.05) is 12.3 Å². The maximum atomic E-state index is 11.7. The van der Waals surface area contributed by atoms with Gasteiger partial charge in [-0.2, -0.15) is 0 Å². The average Bonchev–Trinajstić information content (AvgIpc) is 3.10. The van der Waals surface area contributed by atoms with Crippen LogP contribution in [0.1, 0.15) is 87.7 Å². The summed E-state index contributed by atoms with van der Waals surface area (Å²) in [6.07, 6.45) is 10.5. The van der Waals surface area contributed by atoms with Crippen LogP contribution in [0.5, 0.6) is 0 Å². The van der Waals surface area contributed by atoms with Gasteiger partial charge in [0.1, 0.15) is 6.10 Å². The molecule has 1 aliphatic carbocycles. The summed E-state index contributed by atoms with van der Waals surface area (Å²) >= 11 is 5.36. The van der Waals surface area contributed by atoms with Crippen molar-refractivity contribution in [2.45, 2.75) is 82.7 Å². The van der Waals surface area contributed by atoms with Gasteiger partial charge in [-0.3, -0.25) is 4.79 Å². The maximum Gasteiger partial charge on any atom is 0.404 e. The maximum absolute atomic E-state index is 11.7. The highest BCUT2D eigenvalue weighted by atomic mass is 35.5. The smallest absolute Gasteiger partial charge is 0.404 e. The van der Waals surface area contributed by atoms with Crippen LogP contribution in [0, 0.1) is 0 Å². The number of unbranched alkanes of at least 4 members (excludes halogenated alkanes) is 8. The van der Waals surface area contributed by atoms with E-state index in [9.17, 15) is 9.59 Å². The Morgan fingerprint density at radius 3 is 1.75 bits per heavy atom. The molecule has 2 N–H and O–H groups in total. The van der Waals surface area contributed by atoms with Gasteiger partial charge in [0.15, 0.2) is 0 Å². The van der Waals surface area contributed by atoms with E-state index in [0.29, 0.717) is 6.42 Å². The van der Waals surface area contributed by atoms with Crippen molar-refractivity contribution in [1.82, 2.24) is 0 Å². The Labute approximate surface area is 196 Å². The molecule has 4 nitrogen and oxygen atoms in total. The van der Waals surface area contributed by atoms with Crippen molar-refractivity contribution in [3.63, 3.8) is 0 Å². The lowest BCUT2D eigenvalue weighted by molar-refractivity contribution is -0.111. The molecule has 3 rings (SSSR count). The molecular formula is C27H34ClNO3. The van der Waals surface area contributed by atoms with Crippen molar-refractivity contribution in [2.24, 2.45) is 5.73 Å². The molecule has 0 radical (unpaired) electrons. The second-order valence-electron chi connectivity index (χ2n) is 8.70. The molecule has 1 unspecified atom stereocenters. The van der Waals surface area contributed by atoms with Crippen LogP contribution in [-0.2, 0) is 9.53 Å². The summed E-state index contributed by atoms with van der Waals surface area (Å²) in [4.78, 5) is 22.4. The molecule has 0 saturated heterocycles. The molecule has 1 aliphatic rings. The number of benzene rings is 2. The molecule has 172 valence electrons. The van der Waals surface area contributed by atoms with Crippen molar-refractivity contribution in [2.75, 3.05) is 0 Å². The average molecular weight is 456 g/mol. The predicted molar refractivity (Wildman–Crippen MR) is 130 cm³/mol. The Balaban J connectivity index is 1.47. The van der Waals surface area contributed by atoms with Crippen LogP contribution in [0.25, 0.3) is 11.1 Å². The third kappa shape index (κ3) is 6.83. The van der Waals surface area contributed by atoms with Crippen molar-refractivity contribution in [1.29, 1.82) is 0 Å². The van der Waals surface area contributed by atoms with E-state index >= 15 is 0 Å². The fourth-order valence-corrected chi connectivity index (χ4v) is 5.02. The van der Waals surface area contributed by atoms with Gasteiger partial charge in [-0.1, -0.05) is 93.5 Å². The Bertz CT molecular complexity index is 852. The first kappa shape index (κ1) is 24.3. The van der Waals surface area contributed by atoms with Crippen LogP contribution in [0.2, 0.25) is 0 Å². The number of carbonyl (C=O) groups excluding carboxylic acids is 2. The number of hydrogen-bond donors (Lipinski definition) is 1. The lowest BCUT2D eigenvalue weighted by Crippen LogP contribution is -2.28. The molecule has 1 atom stereocenters. The molecule has 0 spiro atoms. The summed E-state index contributed by atoms with van der Waals surface area (Å²) in [5.74, 6) is 0.0368. The number of ether oxygens (including phenoxy) is 1. The molecule has 0 heterocycles. The Morgan fingerprint density at radius 2 is 1.25 bits per heavy atom. The van der Waals surface area contributed by atoms with Crippen LogP contribution >= 0.6 is 11.6 Å². The second kappa shape index (κ2) is 12.6. The molecule has 0 fully saturated rings. The minimum absolute atomic E-state index is 0.0368. The Morgan fingerprint density at radius 1 is 0.781 bits per heavy atom. The van der Waals surface area contributed by atoms with Gasteiger partial charge in [-0.15, -0.1) is 0 Å². The van der Waals surface area contributed by atoms with E-state index in [1.807, 2.05) is 12.1 Å². The van der Waals surface area contributed by atoms with Crippen LogP contribution in [-0.4, -0.2) is 17.4 Å². The van der Waals surface area contributed by atoms with Gasteiger partial charge in [0.2, 0.25) is 5.24 Å². The highest BCUT2D eigenvalue weighted by molar-refractivity contribution is 6.63. The van der Waals surface area contributed by atoms with Gasteiger partial charge in [0.25, 0.3) is 0 Å². The van der Waals surface area contributed by atoms with Gasteiger partial charge in [0.05, 0.1) is 0 Å². The van der Waals surface area contributed by atoms with E-state index in [-0.39, 0.29) is 17.3 Å². The summed E-state index contributed by atoms with van der Waals surface area (Å²) in [6.45, 7) is 0. The van der Waals surface area contributed by atoms with Gasteiger partial charge < -0.3 is 10.5 Å². The van der Waals surface area contributed by atoms with E-state index < -0.39 is 6.09 Å². The molecule has 5 heteroatoms. The van der Waals surface area contributed by atoms with E-state index in [4.69, 9.17) is 22.1 Å². The number of amides is 1. The number of rotatable bonds is 14. The quantitative estimate of drug-likeness (QED) is 0.239. The summed E-state index contributed by atoms with van der Waals surface area (Å²) in [6, 6.07) is 16.8. The highest BCUT2D eigenvalue weighted by Crippen LogP contribution is 2.47. The van der Waals surface area contributed by atoms with E-state index in [1.54, 1.807) is 0 Å². The third-order valence-corrected chi connectivity index (χ3v) is 6.57. The molecule has 0 saturated carbocycles. The minimum atomic E-state index is -0.701. The van der Waals surface area contributed by atoms with Crippen molar-refractivity contribution < 1.29 is 14.3 Å².